The number of hydrogen-bond acceptors (Lipinski definition) is 2. The normalized spacial score (nSPS) is 15.1. The molecule has 3 rings (SSSR count). The number of rotatable bonds is 6. The van der Waals surface area contributed by atoms with E-state index in [1.165, 1.54) is 17.2 Å². The summed E-state index contributed by atoms with van der Waals surface area (Å²) < 4.78 is 19.3. The Labute approximate surface area is 141 Å². The first-order chi connectivity index (χ1) is 11.6. The lowest BCUT2D eigenvalue weighted by molar-refractivity contribution is -0.122. The van der Waals surface area contributed by atoms with E-state index in [1.54, 1.807) is 25.3 Å². The van der Waals surface area contributed by atoms with Gasteiger partial charge in [-0.05, 0) is 29.2 Å². The second-order valence-corrected chi connectivity index (χ2v) is 6.38. The molecule has 0 heterocycles. The quantitative estimate of drug-likeness (QED) is 0.885. The van der Waals surface area contributed by atoms with Crippen LogP contribution in [-0.2, 0) is 28.8 Å². The van der Waals surface area contributed by atoms with Crippen LogP contribution < -0.4 is 5.32 Å². The number of nitrogens with one attached hydrogen (secondary N) is 1. The summed E-state index contributed by atoms with van der Waals surface area (Å²) in [5.74, 6) is -0.337. The van der Waals surface area contributed by atoms with Crippen LogP contribution in [0.25, 0.3) is 0 Å². The highest BCUT2D eigenvalue weighted by atomic mass is 19.1. The van der Waals surface area contributed by atoms with Crippen LogP contribution >= 0.6 is 0 Å². The number of methoxy groups -OCH3 is 1. The zero-order valence-electron chi connectivity index (χ0n) is 13.8. The van der Waals surface area contributed by atoms with E-state index < -0.39 is 0 Å². The van der Waals surface area contributed by atoms with Crippen LogP contribution in [0.3, 0.4) is 0 Å². The molecule has 0 saturated carbocycles. The van der Waals surface area contributed by atoms with Crippen LogP contribution in [0.15, 0.2) is 48.5 Å². The highest BCUT2D eigenvalue weighted by molar-refractivity contribution is 5.76. The van der Waals surface area contributed by atoms with Crippen LogP contribution in [0.5, 0.6) is 0 Å². The van der Waals surface area contributed by atoms with Crippen LogP contribution in [0.2, 0.25) is 0 Å². The predicted molar refractivity (Wildman–Crippen MR) is 91.3 cm³/mol. The number of aryl methyl sites for hydroxylation is 1. The molecule has 2 aromatic rings. The van der Waals surface area contributed by atoms with Gasteiger partial charge in [-0.3, -0.25) is 4.79 Å². The van der Waals surface area contributed by atoms with E-state index >= 15 is 0 Å². The molecule has 1 aliphatic carbocycles. The van der Waals surface area contributed by atoms with Gasteiger partial charge in [0.1, 0.15) is 5.82 Å². The second-order valence-electron chi connectivity index (χ2n) is 6.38. The number of amides is 1. The fourth-order valence-corrected chi connectivity index (χ4v) is 3.30. The summed E-state index contributed by atoms with van der Waals surface area (Å²) in [5.41, 5.74) is 2.75. The van der Waals surface area contributed by atoms with Gasteiger partial charge in [0.05, 0.1) is 5.60 Å². The average Bonchev–Trinajstić information content (AvgIpc) is 2.98. The number of hydrogen-bond donors (Lipinski definition) is 1. The van der Waals surface area contributed by atoms with E-state index in [-0.39, 0.29) is 23.7 Å². The Morgan fingerprint density at radius 3 is 2.38 bits per heavy atom. The fraction of sp³-hybridized carbons (Fsp3) is 0.350. The zero-order chi connectivity index (χ0) is 17.0. The van der Waals surface area contributed by atoms with Crippen LogP contribution in [-0.4, -0.2) is 25.2 Å². The molecule has 4 heteroatoms. The maximum Gasteiger partial charge on any atom is 0.220 e. The Morgan fingerprint density at radius 2 is 1.75 bits per heavy atom. The van der Waals surface area contributed by atoms with Gasteiger partial charge < -0.3 is 10.1 Å². The number of ether oxygens (including phenoxy) is 1. The van der Waals surface area contributed by atoms with Gasteiger partial charge in [0.2, 0.25) is 5.91 Å². The number of halogens is 1. The molecule has 24 heavy (non-hydrogen) atoms. The van der Waals surface area contributed by atoms with E-state index in [9.17, 15) is 9.18 Å². The van der Waals surface area contributed by atoms with Crippen molar-refractivity contribution in [3.05, 3.63) is 71.0 Å². The van der Waals surface area contributed by atoms with Gasteiger partial charge in [-0.2, -0.15) is 0 Å². The molecule has 0 bridgehead atoms. The van der Waals surface area contributed by atoms with Gasteiger partial charge in [-0.25, -0.2) is 4.39 Å². The molecule has 1 aliphatic rings. The molecule has 0 spiro atoms. The SMILES string of the molecule is COC1(CNC(=O)CCc2ccccc2F)Cc2ccccc2C1. The largest absolute Gasteiger partial charge is 0.376 e. The lowest BCUT2D eigenvalue weighted by Crippen LogP contribution is -2.45. The highest BCUT2D eigenvalue weighted by Gasteiger charge is 2.37. The zero-order valence-corrected chi connectivity index (χ0v) is 13.8. The van der Waals surface area contributed by atoms with Gasteiger partial charge in [-0.1, -0.05) is 42.5 Å². The molecular weight excluding hydrogens is 305 g/mol. The third kappa shape index (κ3) is 3.65. The summed E-state index contributed by atoms with van der Waals surface area (Å²) >= 11 is 0. The van der Waals surface area contributed by atoms with Crippen molar-refractivity contribution in [2.24, 2.45) is 0 Å². The maximum absolute atomic E-state index is 13.6. The number of benzene rings is 2. The van der Waals surface area contributed by atoms with E-state index in [2.05, 4.69) is 17.4 Å². The summed E-state index contributed by atoms with van der Waals surface area (Å²) in [4.78, 5) is 12.1. The van der Waals surface area contributed by atoms with Crippen molar-refractivity contribution in [3.63, 3.8) is 0 Å². The van der Waals surface area contributed by atoms with Crippen molar-refractivity contribution < 1.29 is 13.9 Å². The number of fused-ring (bicyclic) bond motifs is 1. The van der Waals surface area contributed by atoms with Crippen LogP contribution in [0, 0.1) is 5.82 Å². The standard InChI is InChI=1S/C20H22FNO2/c1-24-20(12-16-7-2-3-8-17(16)13-20)14-22-19(23)11-10-15-6-4-5-9-18(15)21/h2-9H,10-14H2,1H3,(H,22,23). The van der Waals surface area contributed by atoms with Gasteiger partial charge in [0.25, 0.3) is 0 Å². The van der Waals surface area contributed by atoms with Crippen molar-refractivity contribution in [2.45, 2.75) is 31.3 Å². The smallest absolute Gasteiger partial charge is 0.220 e. The minimum Gasteiger partial charge on any atom is -0.376 e. The van der Waals surface area contributed by atoms with Gasteiger partial charge in [0.15, 0.2) is 0 Å². The Hall–Kier alpha value is -2.20. The van der Waals surface area contributed by atoms with E-state index in [4.69, 9.17) is 4.74 Å². The summed E-state index contributed by atoms with van der Waals surface area (Å²) in [6.07, 6.45) is 2.27. The minimum atomic E-state index is -0.378. The fourth-order valence-electron chi connectivity index (χ4n) is 3.30. The molecule has 3 nitrogen and oxygen atoms in total. The summed E-state index contributed by atoms with van der Waals surface area (Å²) in [6.45, 7) is 0.467. The summed E-state index contributed by atoms with van der Waals surface area (Å²) in [6, 6.07) is 14.8. The molecule has 0 aromatic heterocycles. The van der Waals surface area contributed by atoms with Gasteiger partial charge in [0, 0.05) is 32.9 Å². The molecule has 0 unspecified atom stereocenters. The summed E-state index contributed by atoms with van der Waals surface area (Å²) in [5, 5.41) is 2.95. The van der Waals surface area contributed by atoms with Gasteiger partial charge in [-0.15, -0.1) is 0 Å². The molecule has 1 N–H and O–H groups in total. The van der Waals surface area contributed by atoms with Crippen molar-refractivity contribution >= 4 is 5.91 Å². The molecule has 2 aromatic carbocycles. The van der Waals surface area contributed by atoms with Crippen molar-refractivity contribution in [2.75, 3.05) is 13.7 Å². The van der Waals surface area contributed by atoms with Crippen molar-refractivity contribution in [1.29, 1.82) is 0 Å². The molecular formula is C20H22FNO2. The van der Waals surface area contributed by atoms with Gasteiger partial charge >= 0.3 is 0 Å². The summed E-state index contributed by atoms with van der Waals surface area (Å²) in [7, 11) is 1.69. The van der Waals surface area contributed by atoms with Crippen LogP contribution in [0.4, 0.5) is 4.39 Å². The Bertz CT molecular complexity index is 704. The lowest BCUT2D eigenvalue weighted by atomic mass is 10.00. The third-order valence-corrected chi connectivity index (χ3v) is 4.76. The molecule has 1 amide bonds. The molecule has 0 fully saturated rings. The molecule has 0 aliphatic heterocycles. The first kappa shape index (κ1) is 16.7. The first-order valence-electron chi connectivity index (χ1n) is 8.24. The Morgan fingerprint density at radius 1 is 1.12 bits per heavy atom. The monoisotopic (exact) mass is 327 g/mol. The number of carbonyl (C=O) groups excluding carboxylic acids is 1. The molecule has 0 saturated heterocycles. The minimum absolute atomic E-state index is 0.0781. The Kier molecular flexibility index (Phi) is 4.95. The number of carbonyl (C=O) groups is 1. The first-order valence-corrected chi connectivity index (χ1v) is 8.24. The lowest BCUT2D eigenvalue weighted by Gasteiger charge is -2.27. The van der Waals surface area contributed by atoms with Crippen LogP contribution in [0.1, 0.15) is 23.1 Å². The topological polar surface area (TPSA) is 38.3 Å². The molecule has 0 atom stereocenters. The maximum atomic E-state index is 13.6. The molecule has 126 valence electrons. The van der Waals surface area contributed by atoms with E-state index in [0.29, 0.717) is 18.5 Å². The van der Waals surface area contributed by atoms with E-state index in [0.717, 1.165) is 12.8 Å². The van der Waals surface area contributed by atoms with Crippen molar-refractivity contribution in [3.8, 4) is 0 Å². The average molecular weight is 327 g/mol. The Balaban J connectivity index is 1.53. The highest BCUT2D eigenvalue weighted by Crippen LogP contribution is 2.32. The van der Waals surface area contributed by atoms with Crippen molar-refractivity contribution in [1.82, 2.24) is 5.32 Å². The molecule has 0 radical (unpaired) electrons. The predicted octanol–water partition coefficient (Wildman–Crippen LogP) is 3.06. The van der Waals surface area contributed by atoms with E-state index in [1.807, 2.05) is 12.1 Å². The second kappa shape index (κ2) is 7.14. The third-order valence-electron chi connectivity index (χ3n) is 4.76.